The minimum atomic E-state index is -2.11. The molecule has 1 aromatic rings. The van der Waals surface area contributed by atoms with E-state index in [2.05, 4.69) is 0 Å². The van der Waals surface area contributed by atoms with Gasteiger partial charge in [-0.15, -0.1) is 0 Å². The van der Waals surface area contributed by atoms with Gasteiger partial charge >= 0.3 is 0 Å². The number of hydrogen-bond donors (Lipinski definition) is 1. The third kappa shape index (κ3) is 2.97. The molecule has 0 bridgehead atoms. The maximum absolute atomic E-state index is 13.1. The molecule has 1 N–H and O–H groups in total. The average Bonchev–Trinajstić information content (AvgIpc) is 2.11. The summed E-state index contributed by atoms with van der Waals surface area (Å²) < 4.78 is 31.8. The summed E-state index contributed by atoms with van der Waals surface area (Å²) in [6, 6.07) is 2.08. The number of hydrogen-bond acceptors (Lipinski definition) is 2. The molecule has 1 rings (SSSR count). The lowest BCUT2D eigenvalue weighted by Crippen LogP contribution is -2.43. The van der Waals surface area contributed by atoms with Gasteiger partial charge in [0.15, 0.2) is 11.6 Å². The first-order valence-electron chi connectivity index (χ1n) is 5.41. The van der Waals surface area contributed by atoms with Crippen LogP contribution in [0, 0.1) is 11.6 Å². The Balaban J connectivity index is 3.05. The van der Waals surface area contributed by atoms with E-state index in [1.807, 2.05) is 33.9 Å². The zero-order chi connectivity index (χ0) is 13.4. The van der Waals surface area contributed by atoms with Gasteiger partial charge in [0.25, 0.3) is 0 Å². The summed E-state index contributed by atoms with van der Waals surface area (Å²) in [5, 5.41) is 9.15. The maximum atomic E-state index is 13.1. The zero-order valence-electron chi connectivity index (χ0n) is 10.8. The Morgan fingerprint density at radius 2 is 1.71 bits per heavy atom. The molecule has 0 unspecified atom stereocenters. The van der Waals surface area contributed by atoms with E-state index in [1.54, 1.807) is 0 Å². The molecule has 96 valence electrons. The fourth-order valence-corrected chi connectivity index (χ4v) is 2.07. The van der Waals surface area contributed by atoms with Crippen LogP contribution in [-0.4, -0.2) is 13.4 Å². The molecule has 5 heteroatoms. The fraction of sp³-hybridized carbons (Fsp3) is 0.500. The van der Waals surface area contributed by atoms with Gasteiger partial charge in [-0.3, -0.25) is 0 Å². The number of rotatable bonds is 2. The molecule has 0 aliphatic heterocycles. The van der Waals surface area contributed by atoms with E-state index in [0.717, 1.165) is 12.1 Å². The summed E-state index contributed by atoms with van der Waals surface area (Å²) in [5.41, 5.74) is 0. The number of benzene rings is 1. The zero-order valence-corrected chi connectivity index (χ0v) is 11.8. The Labute approximate surface area is 101 Å². The van der Waals surface area contributed by atoms with Gasteiger partial charge in [-0.25, -0.2) is 4.39 Å². The predicted molar refractivity (Wildman–Crippen MR) is 65.8 cm³/mol. The van der Waals surface area contributed by atoms with E-state index < -0.39 is 25.7 Å². The summed E-state index contributed by atoms with van der Waals surface area (Å²) in [5.74, 6) is -2.89. The van der Waals surface area contributed by atoms with Crippen LogP contribution in [0.2, 0.25) is 18.1 Å². The highest BCUT2D eigenvalue weighted by molar-refractivity contribution is 6.74. The molecule has 1 aromatic carbocycles. The van der Waals surface area contributed by atoms with Gasteiger partial charge in [-0.05, 0) is 18.1 Å². The van der Waals surface area contributed by atoms with Crippen LogP contribution in [0.3, 0.4) is 0 Å². The molecule has 0 atom stereocenters. The van der Waals surface area contributed by atoms with Gasteiger partial charge in [0, 0.05) is 12.1 Å². The molecular weight excluding hydrogens is 242 g/mol. The Morgan fingerprint density at radius 1 is 1.18 bits per heavy atom. The summed E-state index contributed by atoms with van der Waals surface area (Å²) >= 11 is 0. The second-order valence-electron chi connectivity index (χ2n) is 5.60. The van der Waals surface area contributed by atoms with Crippen LogP contribution in [0.5, 0.6) is 11.5 Å². The van der Waals surface area contributed by atoms with E-state index >= 15 is 0 Å². The van der Waals surface area contributed by atoms with Gasteiger partial charge in [0.1, 0.15) is 5.75 Å². The Bertz CT molecular complexity index is 402. The number of halogens is 2. The minimum absolute atomic E-state index is 0.0481. The first-order valence-corrected chi connectivity index (χ1v) is 8.32. The van der Waals surface area contributed by atoms with Crippen molar-refractivity contribution in [1.29, 1.82) is 0 Å². The summed E-state index contributed by atoms with van der Waals surface area (Å²) in [4.78, 5) is 0. The molecule has 0 aromatic heterocycles. The van der Waals surface area contributed by atoms with Crippen LogP contribution in [0.25, 0.3) is 0 Å². The Hall–Kier alpha value is -1.10. The maximum Gasteiger partial charge on any atom is 0.250 e. The van der Waals surface area contributed by atoms with E-state index in [4.69, 9.17) is 4.43 Å². The van der Waals surface area contributed by atoms with Crippen molar-refractivity contribution in [2.45, 2.75) is 38.9 Å². The summed E-state index contributed by atoms with van der Waals surface area (Å²) in [6.07, 6.45) is 0. The van der Waals surface area contributed by atoms with Crippen LogP contribution >= 0.6 is 0 Å². The largest absolute Gasteiger partial charge is 0.543 e. The molecule has 0 saturated heterocycles. The summed E-state index contributed by atoms with van der Waals surface area (Å²) in [6.45, 7) is 10.1. The highest BCUT2D eigenvalue weighted by Gasteiger charge is 2.39. The van der Waals surface area contributed by atoms with Crippen molar-refractivity contribution in [2.75, 3.05) is 0 Å². The highest BCUT2D eigenvalue weighted by atomic mass is 28.4. The van der Waals surface area contributed by atoms with Gasteiger partial charge in [0.05, 0.1) is 0 Å². The molecule has 2 nitrogen and oxygen atoms in total. The molecule has 17 heavy (non-hydrogen) atoms. The van der Waals surface area contributed by atoms with Gasteiger partial charge in [0.2, 0.25) is 14.1 Å². The first kappa shape index (κ1) is 14.0. The number of phenols is 1. The van der Waals surface area contributed by atoms with Crippen molar-refractivity contribution >= 4 is 8.32 Å². The lowest BCUT2D eigenvalue weighted by molar-refractivity contribution is 0.398. The lowest BCUT2D eigenvalue weighted by Gasteiger charge is -2.36. The predicted octanol–water partition coefficient (Wildman–Crippen LogP) is 4.05. The highest BCUT2D eigenvalue weighted by Crippen LogP contribution is 2.38. The second kappa shape index (κ2) is 4.29. The van der Waals surface area contributed by atoms with Crippen molar-refractivity contribution in [3.63, 3.8) is 0 Å². The van der Waals surface area contributed by atoms with Crippen LogP contribution in [0.1, 0.15) is 20.8 Å². The van der Waals surface area contributed by atoms with Crippen LogP contribution in [-0.2, 0) is 0 Å². The SMILES string of the molecule is CC(C)(C)[Si](C)(C)Oc1cc(O)c(F)c(F)c1. The summed E-state index contributed by atoms with van der Waals surface area (Å²) in [7, 11) is -2.11. The van der Waals surface area contributed by atoms with Crippen LogP contribution in [0.4, 0.5) is 8.78 Å². The minimum Gasteiger partial charge on any atom is -0.543 e. The van der Waals surface area contributed by atoms with E-state index in [0.29, 0.717) is 0 Å². The molecular formula is C12H18F2O2Si. The van der Waals surface area contributed by atoms with Crippen LogP contribution < -0.4 is 4.43 Å². The van der Waals surface area contributed by atoms with E-state index in [9.17, 15) is 13.9 Å². The molecule has 0 saturated carbocycles. The van der Waals surface area contributed by atoms with E-state index in [1.165, 1.54) is 0 Å². The molecule has 0 aliphatic carbocycles. The monoisotopic (exact) mass is 260 g/mol. The Morgan fingerprint density at radius 3 is 2.12 bits per heavy atom. The molecule has 0 aliphatic rings. The van der Waals surface area contributed by atoms with Gasteiger partial charge in [-0.1, -0.05) is 20.8 Å². The average molecular weight is 260 g/mol. The molecule has 0 fully saturated rings. The van der Waals surface area contributed by atoms with Gasteiger partial charge in [-0.2, -0.15) is 4.39 Å². The number of phenolic OH excluding ortho intramolecular Hbond substituents is 1. The molecule has 0 radical (unpaired) electrons. The van der Waals surface area contributed by atoms with Crippen molar-refractivity contribution < 1.29 is 18.3 Å². The van der Waals surface area contributed by atoms with E-state index in [-0.39, 0.29) is 10.8 Å². The van der Waals surface area contributed by atoms with Crippen molar-refractivity contribution in [3.8, 4) is 11.5 Å². The van der Waals surface area contributed by atoms with Crippen molar-refractivity contribution in [1.82, 2.24) is 0 Å². The fourth-order valence-electron chi connectivity index (χ4n) is 1.06. The first-order chi connectivity index (χ1) is 7.54. The smallest absolute Gasteiger partial charge is 0.250 e. The van der Waals surface area contributed by atoms with Gasteiger partial charge < -0.3 is 9.53 Å². The third-order valence-corrected chi connectivity index (χ3v) is 7.52. The van der Waals surface area contributed by atoms with Crippen molar-refractivity contribution in [3.05, 3.63) is 23.8 Å². The van der Waals surface area contributed by atoms with Crippen LogP contribution in [0.15, 0.2) is 12.1 Å². The third-order valence-electron chi connectivity index (χ3n) is 3.16. The second-order valence-corrected chi connectivity index (χ2v) is 10.3. The normalized spacial score (nSPS) is 12.6. The quantitative estimate of drug-likeness (QED) is 0.813. The molecule has 0 heterocycles. The lowest BCUT2D eigenvalue weighted by atomic mass is 10.2. The Kier molecular flexibility index (Phi) is 3.52. The number of aromatic hydroxyl groups is 1. The standard InChI is InChI=1S/C12H18F2O2Si/c1-12(2,3)17(4,5)16-8-6-9(13)11(14)10(15)7-8/h6-7,15H,1-5H3. The topological polar surface area (TPSA) is 29.5 Å². The molecule has 0 amide bonds. The molecule has 0 spiro atoms. The van der Waals surface area contributed by atoms with Crippen molar-refractivity contribution in [2.24, 2.45) is 0 Å².